The number of anilines is 2. The highest BCUT2D eigenvalue weighted by atomic mass is 35.5. The first-order valence-electron chi connectivity index (χ1n) is 7.50. The molecular formula is C14H27ClN6. The van der Waals surface area contributed by atoms with E-state index in [4.69, 9.17) is 11.6 Å². The monoisotopic (exact) mass is 314 g/mol. The molecule has 0 aliphatic carbocycles. The summed E-state index contributed by atoms with van der Waals surface area (Å²) >= 11 is 6.09. The fourth-order valence-corrected chi connectivity index (χ4v) is 2.53. The Labute approximate surface area is 133 Å². The van der Waals surface area contributed by atoms with Gasteiger partial charge in [-0.3, -0.25) is 0 Å². The molecule has 0 saturated carbocycles. The third kappa shape index (κ3) is 4.97. The van der Waals surface area contributed by atoms with E-state index in [1.807, 2.05) is 0 Å². The van der Waals surface area contributed by atoms with E-state index in [1.165, 1.54) is 0 Å². The van der Waals surface area contributed by atoms with Gasteiger partial charge in [0.25, 0.3) is 0 Å². The Balaban J connectivity index is 3.09. The SMILES string of the molecule is CCN(CC)c1nc(Cl)nc(N(CC)C(C)CN(C)C)n1. The first kappa shape index (κ1) is 17.9. The summed E-state index contributed by atoms with van der Waals surface area (Å²) < 4.78 is 0. The minimum atomic E-state index is 0.248. The van der Waals surface area contributed by atoms with Crippen LogP contribution in [0.1, 0.15) is 27.7 Å². The summed E-state index contributed by atoms with van der Waals surface area (Å²) in [5.74, 6) is 1.29. The zero-order valence-electron chi connectivity index (χ0n) is 14.0. The number of nitrogens with zero attached hydrogens (tertiary/aromatic N) is 6. The van der Waals surface area contributed by atoms with Gasteiger partial charge < -0.3 is 14.7 Å². The highest BCUT2D eigenvalue weighted by molar-refractivity contribution is 6.28. The molecule has 0 bridgehead atoms. The molecule has 1 atom stereocenters. The van der Waals surface area contributed by atoms with Crippen LogP contribution >= 0.6 is 11.6 Å². The van der Waals surface area contributed by atoms with Crippen molar-refractivity contribution < 1.29 is 0 Å². The Hall–Kier alpha value is -1.14. The van der Waals surface area contributed by atoms with E-state index >= 15 is 0 Å². The second-order valence-electron chi connectivity index (χ2n) is 5.27. The molecule has 0 aliphatic rings. The lowest BCUT2D eigenvalue weighted by molar-refractivity contribution is 0.371. The smallest absolute Gasteiger partial charge is 0.231 e. The molecule has 0 aromatic carbocycles. The van der Waals surface area contributed by atoms with Crippen LogP contribution in [0.15, 0.2) is 0 Å². The van der Waals surface area contributed by atoms with E-state index < -0.39 is 0 Å². The van der Waals surface area contributed by atoms with Crippen molar-refractivity contribution in [3.63, 3.8) is 0 Å². The molecule has 0 spiro atoms. The van der Waals surface area contributed by atoms with Gasteiger partial charge in [0.1, 0.15) is 0 Å². The largest absolute Gasteiger partial charge is 0.341 e. The van der Waals surface area contributed by atoms with E-state index in [-0.39, 0.29) is 5.28 Å². The third-order valence-corrected chi connectivity index (χ3v) is 3.56. The van der Waals surface area contributed by atoms with Gasteiger partial charge >= 0.3 is 0 Å². The van der Waals surface area contributed by atoms with Crippen molar-refractivity contribution in [2.45, 2.75) is 33.7 Å². The first-order valence-corrected chi connectivity index (χ1v) is 7.88. The maximum Gasteiger partial charge on any atom is 0.231 e. The lowest BCUT2D eigenvalue weighted by atomic mass is 10.3. The molecule has 0 N–H and O–H groups in total. The van der Waals surface area contributed by atoms with E-state index in [9.17, 15) is 0 Å². The van der Waals surface area contributed by atoms with Crippen LogP contribution in [0.5, 0.6) is 0 Å². The summed E-state index contributed by atoms with van der Waals surface area (Å²) in [5, 5.41) is 0.248. The predicted octanol–water partition coefficient (Wildman–Crippen LogP) is 2.15. The quantitative estimate of drug-likeness (QED) is 0.733. The molecule has 1 heterocycles. The number of hydrogen-bond acceptors (Lipinski definition) is 6. The van der Waals surface area contributed by atoms with Crippen LogP contribution < -0.4 is 9.80 Å². The van der Waals surface area contributed by atoms with Crippen molar-refractivity contribution in [3.8, 4) is 0 Å². The molecule has 1 aromatic rings. The maximum absolute atomic E-state index is 6.09. The normalized spacial score (nSPS) is 12.6. The molecule has 0 fully saturated rings. The van der Waals surface area contributed by atoms with Crippen molar-refractivity contribution in [1.29, 1.82) is 0 Å². The minimum Gasteiger partial charge on any atom is -0.341 e. The van der Waals surface area contributed by atoms with E-state index in [0.29, 0.717) is 17.9 Å². The summed E-state index contributed by atoms with van der Waals surface area (Å²) in [7, 11) is 4.12. The van der Waals surface area contributed by atoms with Crippen molar-refractivity contribution in [2.75, 3.05) is 50.1 Å². The molecule has 21 heavy (non-hydrogen) atoms. The first-order chi connectivity index (χ1) is 9.92. The summed E-state index contributed by atoms with van der Waals surface area (Å²) in [6, 6.07) is 0.299. The molecule has 120 valence electrons. The van der Waals surface area contributed by atoms with Gasteiger partial charge in [0.2, 0.25) is 17.2 Å². The molecule has 0 radical (unpaired) electrons. The van der Waals surface area contributed by atoms with Gasteiger partial charge in [0.15, 0.2) is 0 Å². The van der Waals surface area contributed by atoms with Gasteiger partial charge in [0.05, 0.1) is 0 Å². The average Bonchev–Trinajstić information content (AvgIpc) is 2.39. The molecule has 1 unspecified atom stereocenters. The molecule has 0 amide bonds. The second kappa shape index (κ2) is 8.34. The Bertz CT molecular complexity index is 435. The molecule has 7 heteroatoms. The Morgan fingerprint density at radius 3 is 2.00 bits per heavy atom. The highest BCUT2D eigenvalue weighted by Crippen LogP contribution is 2.18. The van der Waals surface area contributed by atoms with Crippen LogP contribution in [0.3, 0.4) is 0 Å². The van der Waals surface area contributed by atoms with E-state index in [2.05, 4.69) is 71.4 Å². The fourth-order valence-electron chi connectivity index (χ4n) is 2.38. The number of aromatic nitrogens is 3. The second-order valence-corrected chi connectivity index (χ2v) is 5.61. The van der Waals surface area contributed by atoms with Crippen LogP contribution in [0.4, 0.5) is 11.9 Å². The minimum absolute atomic E-state index is 0.248. The fraction of sp³-hybridized carbons (Fsp3) is 0.786. The zero-order valence-corrected chi connectivity index (χ0v) is 14.7. The average molecular weight is 315 g/mol. The van der Waals surface area contributed by atoms with Gasteiger partial charge in [-0.1, -0.05) is 0 Å². The van der Waals surface area contributed by atoms with Gasteiger partial charge in [-0.25, -0.2) is 0 Å². The zero-order chi connectivity index (χ0) is 16.0. The maximum atomic E-state index is 6.09. The van der Waals surface area contributed by atoms with Crippen molar-refractivity contribution in [2.24, 2.45) is 0 Å². The number of likely N-dealkylation sites (N-methyl/N-ethyl adjacent to an activating group) is 2. The lowest BCUT2D eigenvalue weighted by Gasteiger charge is -2.30. The van der Waals surface area contributed by atoms with E-state index in [0.717, 1.165) is 26.2 Å². The van der Waals surface area contributed by atoms with Crippen molar-refractivity contribution >= 4 is 23.5 Å². The standard InChI is InChI=1S/C14H27ClN6/c1-7-20(8-2)13-16-12(15)17-14(18-13)21(9-3)11(4)10-19(5)6/h11H,7-10H2,1-6H3. The molecule has 6 nitrogen and oxygen atoms in total. The predicted molar refractivity (Wildman–Crippen MR) is 89.4 cm³/mol. The van der Waals surface area contributed by atoms with Gasteiger partial charge in [-0.15, -0.1) is 0 Å². The van der Waals surface area contributed by atoms with Gasteiger partial charge in [-0.05, 0) is 53.4 Å². The summed E-state index contributed by atoms with van der Waals surface area (Å²) in [4.78, 5) is 19.5. The summed E-state index contributed by atoms with van der Waals surface area (Å²) in [5.41, 5.74) is 0. The van der Waals surface area contributed by atoms with Crippen LogP contribution in [0, 0.1) is 0 Å². The third-order valence-electron chi connectivity index (χ3n) is 3.39. The summed E-state index contributed by atoms with van der Waals surface area (Å²) in [6.45, 7) is 11.9. The molecule has 1 rings (SSSR count). The van der Waals surface area contributed by atoms with Crippen molar-refractivity contribution in [1.82, 2.24) is 19.9 Å². The van der Waals surface area contributed by atoms with Gasteiger partial charge in [0, 0.05) is 32.2 Å². The number of halogens is 1. The van der Waals surface area contributed by atoms with Crippen LogP contribution in [-0.4, -0.2) is 66.2 Å². The van der Waals surface area contributed by atoms with Crippen LogP contribution in [-0.2, 0) is 0 Å². The van der Waals surface area contributed by atoms with Crippen molar-refractivity contribution in [3.05, 3.63) is 5.28 Å². The number of rotatable bonds is 8. The molecule has 1 aromatic heterocycles. The highest BCUT2D eigenvalue weighted by Gasteiger charge is 2.19. The van der Waals surface area contributed by atoms with Gasteiger partial charge in [-0.2, -0.15) is 15.0 Å². The van der Waals surface area contributed by atoms with E-state index in [1.54, 1.807) is 0 Å². The Morgan fingerprint density at radius 2 is 1.52 bits per heavy atom. The van der Waals surface area contributed by atoms with Crippen LogP contribution in [0.2, 0.25) is 5.28 Å². The number of hydrogen-bond donors (Lipinski definition) is 0. The molecule has 0 saturated heterocycles. The summed E-state index contributed by atoms with van der Waals surface area (Å²) in [6.07, 6.45) is 0. The Morgan fingerprint density at radius 1 is 0.952 bits per heavy atom. The topological polar surface area (TPSA) is 48.4 Å². The van der Waals surface area contributed by atoms with Crippen LogP contribution in [0.25, 0.3) is 0 Å². The molecular weight excluding hydrogens is 288 g/mol. The Kier molecular flexibility index (Phi) is 7.11. The lowest BCUT2D eigenvalue weighted by Crippen LogP contribution is -2.41. The molecule has 0 aliphatic heterocycles.